The van der Waals surface area contributed by atoms with Crippen molar-refractivity contribution in [1.29, 1.82) is 0 Å². The van der Waals surface area contributed by atoms with Gasteiger partial charge in [-0.1, -0.05) is 0 Å². The van der Waals surface area contributed by atoms with Gasteiger partial charge in [0.15, 0.2) is 5.79 Å². The Morgan fingerprint density at radius 1 is 1.41 bits per heavy atom. The molecule has 1 aromatic carbocycles. The van der Waals surface area contributed by atoms with Crippen LogP contribution >= 0.6 is 0 Å². The highest BCUT2D eigenvalue weighted by molar-refractivity contribution is 6.04. The molecule has 0 unspecified atom stereocenters. The van der Waals surface area contributed by atoms with Gasteiger partial charge in [0, 0.05) is 31.4 Å². The molecule has 2 aliphatic heterocycles. The zero-order valence-corrected chi connectivity index (χ0v) is 15.3. The Hall–Kier alpha value is -2.78. The van der Waals surface area contributed by atoms with E-state index in [1.807, 2.05) is 20.0 Å². The molecule has 1 amide bonds. The van der Waals surface area contributed by atoms with Crippen molar-refractivity contribution >= 4 is 11.6 Å². The van der Waals surface area contributed by atoms with Crippen LogP contribution in [0.3, 0.4) is 0 Å². The molecular formula is C18H20N4O5. The minimum absolute atomic E-state index is 0.0944. The first-order valence-electron chi connectivity index (χ1n) is 8.65. The summed E-state index contributed by atoms with van der Waals surface area (Å²) < 4.78 is 13.1. The van der Waals surface area contributed by atoms with Gasteiger partial charge in [0.1, 0.15) is 11.7 Å². The van der Waals surface area contributed by atoms with E-state index in [9.17, 15) is 14.9 Å². The highest BCUT2D eigenvalue weighted by Crippen LogP contribution is 2.37. The second kappa shape index (κ2) is 6.14. The lowest BCUT2D eigenvalue weighted by atomic mass is 9.97. The first-order valence-corrected chi connectivity index (χ1v) is 8.65. The maximum absolute atomic E-state index is 12.4. The first kappa shape index (κ1) is 17.6. The molecule has 1 aromatic heterocycles. The molecule has 4 rings (SSSR count). The number of aromatic nitrogens is 2. The van der Waals surface area contributed by atoms with Crippen molar-refractivity contribution < 1.29 is 19.2 Å². The molecule has 1 saturated heterocycles. The number of amides is 1. The summed E-state index contributed by atoms with van der Waals surface area (Å²) in [6.45, 7) is 5.11. The fraction of sp³-hybridized carbons (Fsp3) is 0.444. The van der Waals surface area contributed by atoms with Gasteiger partial charge in [0.25, 0.3) is 11.6 Å². The van der Waals surface area contributed by atoms with Crippen LogP contribution in [0.2, 0.25) is 0 Å². The molecule has 0 saturated carbocycles. The minimum Gasteiger partial charge on any atom is -0.348 e. The molecule has 0 aliphatic carbocycles. The van der Waals surface area contributed by atoms with Crippen LogP contribution in [0.1, 0.15) is 29.8 Å². The van der Waals surface area contributed by atoms with Gasteiger partial charge in [-0.05, 0) is 31.0 Å². The van der Waals surface area contributed by atoms with Crippen molar-refractivity contribution in [2.45, 2.75) is 38.8 Å². The number of nitrogens with zero attached hydrogens (tertiary/aromatic N) is 4. The van der Waals surface area contributed by atoms with Crippen molar-refractivity contribution in [2.24, 2.45) is 0 Å². The number of hydrogen-bond donors (Lipinski definition) is 0. The van der Waals surface area contributed by atoms with Gasteiger partial charge in [0.05, 0.1) is 24.3 Å². The van der Waals surface area contributed by atoms with Crippen LogP contribution in [0.5, 0.6) is 0 Å². The molecule has 1 fully saturated rings. The van der Waals surface area contributed by atoms with E-state index < -0.39 is 10.7 Å². The summed E-state index contributed by atoms with van der Waals surface area (Å²) in [6, 6.07) is 3.07. The molecule has 9 nitrogen and oxygen atoms in total. The molecular weight excluding hydrogens is 352 g/mol. The molecule has 0 bridgehead atoms. The number of rotatable bonds is 4. The number of carbonyl (C=O) groups excluding carboxylic acids is 1. The topological polar surface area (TPSA) is 99.7 Å². The number of carbonyl (C=O) groups is 1. The van der Waals surface area contributed by atoms with Crippen LogP contribution in [0, 0.1) is 10.1 Å². The Morgan fingerprint density at radius 2 is 2.19 bits per heavy atom. The number of nitro groups is 1. The highest BCUT2D eigenvalue weighted by atomic mass is 16.7. The van der Waals surface area contributed by atoms with Gasteiger partial charge in [-0.25, -0.2) is 0 Å². The first-order chi connectivity index (χ1) is 12.7. The molecule has 2 aliphatic rings. The van der Waals surface area contributed by atoms with E-state index in [4.69, 9.17) is 9.47 Å². The second-order valence-electron chi connectivity index (χ2n) is 7.31. The summed E-state index contributed by atoms with van der Waals surface area (Å²) in [5.41, 5.74) is 2.26. The van der Waals surface area contributed by atoms with E-state index in [0.717, 1.165) is 11.1 Å². The molecule has 27 heavy (non-hydrogen) atoms. The number of ether oxygens (including phenoxy) is 2. The van der Waals surface area contributed by atoms with Crippen molar-refractivity contribution in [3.63, 3.8) is 0 Å². The van der Waals surface area contributed by atoms with Gasteiger partial charge < -0.3 is 14.4 Å². The van der Waals surface area contributed by atoms with Gasteiger partial charge in [-0.2, -0.15) is 5.10 Å². The van der Waals surface area contributed by atoms with Gasteiger partial charge in [0.2, 0.25) is 0 Å². The zero-order valence-electron chi connectivity index (χ0n) is 15.3. The molecule has 9 heteroatoms. The maximum Gasteiger partial charge on any atom is 0.282 e. The smallest absolute Gasteiger partial charge is 0.282 e. The fourth-order valence-electron chi connectivity index (χ4n) is 3.62. The Labute approximate surface area is 155 Å². The van der Waals surface area contributed by atoms with Crippen LogP contribution in [0.4, 0.5) is 5.69 Å². The van der Waals surface area contributed by atoms with Gasteiger partial charge in [-0.15, -0.1) is 0 Å². The second-order valence-corrected chi connectivity index (χ2v) is 7.31. The number of nitro benzene ring substituents is 1. The summed E-state index contributed by atoms with van der Waals surface area (Å²) in [5.74, 6) is -0.921. The molecule has 0 spiro atoms. The summed E-state index contributed by atoms with van der Waals surface area (Å²) in [7, 11) is 1.64. The van der Waals surface area contributed by atoms with Crippen molar-refractivity contribution in [3.05, 3.63) is 45.8 Å². The Bertz CT molecular complexity index is 936. The SMILES string of the molecule is CN1Cc2c(-c3cnn(C[C@H]4COC(C)(C)O4)c3)ccc([N+](=O)[O-])c2C1=O. The van der Waals surface area contributed by atoms with E-state index in [-0.39, 0.29) is 23.3 Å². The molecule has 0 radical (unpaired) electrons. The van der Waals surface area contributed by atoms with Crippen LogP contribution in [0.15, 0.2) is 24.5 Å². The summed E-state index contributed by atoms with van der Waals surface area (Å²) >= 11 is 0. The summed E-state index contributed by atoms with van der Waals surface area (Å²) in [6.07, 6.45) is 3.47. The zero-order chi connectivity index (χ0) is 19.3. The third kappa shape index (κ3) is 3.08. The van der Waals surface area contributed by atoms with Crippen molar-refractivity contribution in [2.75, 3.05) is 13.7 Å². The molecule has 3 heterocycles. The van der Waals surface area contributed by atoms with Crippen LogP contribution < -0.4 is 0 Å². The van der Waals surface area contributed by atoms with Crippen molar-refractivity contribution in [3.8, 4) is 11.1 Å². The predicted octanol–water partition coefficient (Wildman–Crippen LogP) is 2.20. The predicted molar refractivity (Wildman–Crippen MR) is 95.0 cm³/mol. The van der Waals surface area contributed by atoms with Crippen LogP contribution in [-0.4, -0.2) is 51.1 Å². The molecule has 2 aromatic rings. The fourth-order valence-corrected chi connectivity index (χ4v) is 3.62. The third-order valence-electron chi connectivity index (χ3n) is 4.85. The lowest BCUT2D eigenvalue weighted by molar-refractivity contribution is -0.385. The largest absolute Gasteiger partial charge is 0.348 e. The quantitative estimate of drug-likeness (QED) is 0.602. The normalized spacial score (nSPS) is 20.9. The molecule has 1 atom stereocenters. The van der Waals surface area contributed by atoms with Crippen LogP contribution in [0.25, 0.3) is 11.1 Å². The molecule has 142 valence electrons. The van der Waals surface area contributed by atoms with Crippen LogP contribution in [-0.2, 0) is 22.6 Å². The Morgan fingerprint density at radius 3 is 2.85 bits per heavy atom. The number of fused-ring (bicyclic) bond motifs is 1. The van der Waals surface area contributed by atoms with E-state index in [1.165, 1.54) is 11.0 Å². The average molecular weight is 372 g/mol. The number of hydrogen-bond acceptors (Lipinski definition) is 6. The maximum atomic E-state index is 12.4. The average Bonchev–Trinajstić information content (AvgIpc) is 3.27. The van der Waals surface area contributed by atoms with E-state index >= 15 is 0 Å². The lowest BCUT2D eigenvalue weighted by Gasteiger charge is -2.16. The Kier molecular flexibility index (Phi) is 4.01. The number of benzene rings is 1. The Balaban J connectivity index is 1.65. The van der Waals surface area contributed by atoms with Gasteiger partial charge >= 0.3 is 0 Å². The van der Waals surface area contributed by atoms with E-state index in [1.54, 1.807) is 24.0 Å². The van der Waals surface area contributed by atoms with Crippen molar-refractivity contribution in [1.82, 2.24) is 14.7 Å². The standard InChI is InChI=1S/C18H20N4O5/c1-18(2)26-10-12(27-18)8-21-7-11(6-19-21)13-4-5-15(22(24)25)16-14(13)9-20(3)17(16)23/h4-7,12H,8-10H2,1-3H3/t12-/m0/s1. The van der Waals surface area contributed by atoms with E-state index in [2.05, 4.69) is 5.10 Å². The summed E-state index contributed by atoms with van der Waals surface area (Å²) in [4.78, 5) is 24.6. The lowest BCUT2D eigenvalue weighted by Crippen LogP contribution is -2.24. The van der Waals surface area contributed by atoms with Gasteiger partial charge in [-0.3, -0.25) is 19.6 Å². The molecule has 0 N–H and O–H groups in total. The minimum atomic E-state index is -0.592. The third-order valence-corrected chi connectivity index (χ3v) is 4.85. The monoisotopic (exact) mass is 372 g/mol. The highest BCUT2D eigenvalue weighted by Gasteiger charge is 2.35. The summed E-state index contributed by atoms with van der Waals surface area (Å²) in [5, 5.41) is 15.7. The van der Waals surface area contributed by atoms with E-state index in [0.29, 0.717) is 25.3 Å².